The van der Waals surface area contributed by atoms with Crippen LogP contribution in [0.15, 0.2) is 47.4 Å². The molecule has 0 aliphatic heterocycles. The van der Waals surface area contributed by atoms with Gasteiger partial charge in [0.2, 0.25) is 10.0 Å². The highest BCUT2D eigenvalue weighted by atomic mass is 32.2. The van der Waals surface area contributed by atoms with Crippen molar-refractivity contribution in [3.63, 3.8) is 0 Å². The Morgan fingerprint density at radius 1 is 1.00 bits per heavy atom. The van der Waals surface area contributed by atoms with Gasteiger partial charge < -0.3 is 5.11 Å². The van der Waals surface area contributed by atoms with Crippen molar-refractivity contribution in [2.75, 3.05) is 0 Å². The first-order valence-electron chi connectivity index (χ1n) is 6.68. The van der Waals surface area contributed by atoms with Gasteiger partial charge in [-0.05, 0) is 48.2 Å². The van der Waals surface area contributed by atoms with E-state index in [9.17, 15) is 13.5 Å². The van der Waals surface area contributed by atoms with Gasteiger partial charge in [0.05, 0.1) is 11.5 Å². The van der Waals surface area contributed by atoms with Crippen LogP contribution < -0.4 is 4.72 Å². The molecule has 2 aromatic carbocycles. The molecule has 0 aromatic heterocycles. The van der Waals surface area contributed by atoms with E-state index in [2.05, 4.69) is 4.72 Å². The molecule has 5 heteroatoms. The second kappa shape index (κ2) is 6.39. The molecule has 0 heterocycles. The van der Waals surface area contributed by atoms with Gasteiger partial charge in [0.25, 0.3) is 0 Å². The Bertz CT molecular complexity index is 739. The summed E-state index contributed by atoms with van der Waals surface area (Å²) in [6.07, 6.45) is 0. The van der Waals surface area contributed by atoms with Gasteiger partial charge in [-0.1, -0.05) is 30.3 Å². The fourth-order valence-electron chi connectivity index (χ4n) is 2.05. The van der Waals surface area contributed by atoms with Gasteiger partial charge in [-0.15, -0.1) is 0 Å². The molecular formula is C16H19NO3S. The van der Waals surface area contributed by atoms with E-state index in [0.717, 1.165) is 16.7 Å². The van der Waals surface area contributed by atoms with Gasteiger partial charge in [-0.25, -0.2) is 13.1 Å². The molecule has 0 aliphatic carbocycles. The van der Waals surface area contributed by atoms with Crippen molar-refractivity contribution < 1.29 is 13.5 Å². The minimum atomic E-state index is -3.59. The summed E-state index contributed by atoms with van der Waals surface area (Å²) >= 11 is 0. The standard InChI is InChI=1S/C16H19NO3S/c1-12-5-3-4-6-14(12)10-17-21(19,20)16-8-7-13(2)15(9-16)11-18/h3-9,17-18H,10-11H2,1-2H3. The maximum absolute atomic E-state index is 12.3. The zero-order chi connectivity index (χ0) is 15.5. The molecular weight excluding hydrogens is 286 g/mol. The first-order valence-corrected chi connectivity index (χ1v) is 8.17. The molecule has 0 amide bonds. The Labute approximate surface area is 125 Å². The first kappa shape index (κ1) is 15.7. The van der Waals surface area contributed by atoms with Crippen LogP contribution in [-0.2, 0) is 23.2 Å². The lowest BCUT2D eigenvalue weighted by molar-refractivity contribution is 0.280. The highest BCUT2D eigenvalue weighted by Gasteiger charge is 2.15. The van der Waals surface area contributed by atoms with Crippen molar-refractivity contribution >= 4 is 10.0 Å². The van der Waals surface area contributed by atoms with E-state index in [4.69, 9.17) is 0 Å². The van der Waals surface area contributed by atoms with Crippen LogP contribution in [0.2, 0.25) is 0 Å². The SMILES string of the molecule is Cc1ccc(S(=O)(=O)NCc2ccccc2C)cc1CO. The predicted octanol–water partition coefficient (Wildman–Crippen LogP) is 2.27. The summed E-state index contributed by atoms with van der Waals surface area (Å²) in [6, 6.07) is 12.4. The summed E-state index contributed by atoms with van der Waals surface area (Å²) in [5.41, 5.74) is 3.47. The fourth-order valence-corrected chi connectivity index (χ4v) is 3.11. The summed E-state index contributed by atoms with van der Waals surface area (Å²) < 4.78 is 27.2. The molecule has 2 rings (SSSR count). The number of nitrogens with one attached hydrogen (secondary N) is 1. The Morgan fingerprint density at radius 3 is 2.33 bits per heavy atom. The van der Waals surface area contributed by atoms with Crippen LogP contribution in [0.25, 0.3) is 0 Å². The molecule has 4 nitrogen and oxygen atoms in total. The van der Waals surface area contributed by atoms with Gasteiger partial charge in [-0.2, -0.15) is 0 Å². The third-order valence-corrected chi connectivity index (χ3v) is 4.91. The largest absolute Gasteiger partial charge is 0.392 e. The molecule has 2 N–H and O–H groups in total. The molecule has 0 unspecified atom stereocenters. The summed E-state index contributed by atoms with van der Waals surface area (Å²) in [4.78, 5) is 0.172. The average molecular weight is 305 g/mol. The number of hydrogen-bond donors (Lipinski definition) is 2. The van der Waals surface area contributed by atoms with Crippen molar-refractivity contribution in [2.45, 2.75) is 31.9 Å². The lowest BCUT2D eigenvalue weighted by Crippen LogP contribution is -2.23. The normalized spacial score (nSPS) is 11.6. The quantitative estimate of drug-likeness (QED) is 0.890. The minimum absolute atomic E-state index is 0.172. The van der Waals surface area contributed by atoms with Gasteiger partial charge in [0.15, 0.2) is 0 Å². The zero-order valence-corrected chi connectivity index (χ0v) is 12.9. The molecule has 0 aliphatic rings. The summed E-state index contributed by atoms with van der Waals surface area (Å²) in [6.45, 7) is 3.85. The Balaban J connectivity index is 2.21. The lowest BCUT2D eigenvalue weighted by Gasteiger charge is -2.10. The fraction of sp³-hybridized carbons (Fsp3) is 0.250. The van der Waals surface area contributed by atoms with Crippen LogP contribution in [0, 0.1) is 13.8 Å². The number of hydrogen-bond acceptors (Lipinski definition) is 3. The maximum Gasteiger partial charge on any atom is 0.240 e. The third kappa shape index (κ3) is 3.69. The highest BCUT2D eigenvalue weighted by Crippen LogP contribution is 2.16. The number of aliphatic hydroxyl groups is 1. The van der Waals surface area contributed by atoms with Crippen LogP contribution in [-0.4, -0.2) is 13.5 Å². The Kier molecular flexibility index (Phi) is 4.77. The van der Waals surface area contributed by atoms with Crippen LogP contribution in [0.3, 0.4) is 0 Å². The molecule has 112 valence electrons. The van der Waals surface area contributed by atoms with E-state index >= 15 is 0 Å². The van der Waals surface area contributed by atoms with E-state index in [0.29, 0.717) is 5.56 Å². The van der Waals surface area contributed by atoms with E-state index in [-0.39, 0.29) is 18.0 Å². The summed E-state index contributed by atoms with van der Waals surface area (Å²) in [5.74, 6) is 0. The molecule has 0 radical (unpaired) electrons. The monoisotopic (exact) mass is 305 g/mol. The van der Waals surface area contributed by atoms with Crippen molar-refractivity contribution in [3.8, 4) is 0 Å². The van der Waals surface area contributed by atoms with Gasteiger partial charge in [0, 0.05) is 6.54 Å². The van der Waals surface area contributed by atoms with Crippen LogP contribution in [0.5, 0.6) is 0 Å². The molecule has 0 saturated heterocycles. The summed E-state index contributed by atoms with van der Waals surface area (Å²) in [7, 11) is -3.59. The maximum atomic E-state index is 12.3. The van der Waals surface area contributed by atoms with Crippen LogP contribution >= 0.6 is 0 Å². The minimum Gasteiger partial charge on any atom is -0.392 e. The van der Waals surface area contributed by atoms with Crippen molar-refractivity contribution in [1.29, 1.82) is 0 Å². The van der Waals surface area contributed by atoms with Gasteiger partial charge in [0.1, 0.15) is 0 Å². The Morgan fingerprint density at radius 2 is 1.67 bits per heavy atom. The number of aliphatic hydroxyl groups excluding tert-OH is 1. The van der Waals surface area contributed by atoms with Crippen molar-refractivity contribution in [3.05, 3.63) is 64.7 Å². The van der Waals surface area contributed by atoms with E-state index in [1.165, 1.54) is 6.07 Å². The second-order valence-electron chi connectivity index (χ2n) is 5.00. The highest BCUT2D eigenvalue weighted by molar-refractivity contribution is 7.89. The van der Waals surface area contributed by atoms with Gasteiger partial charge >= 0.3 is 0 Å². The van der Waals surface area contributed by atoms with Crippen molar-refractivity contribution in [2.24, 2.45) is 0 Å². The van der Waals surface area contributed by atoms with Crippen LogP contribution in [0.1, 0.15) is 22.3 Å². The molecule has 21 heavy (non-hydrogen) atoms. The molecule has 0 fully saturated rings. The third-order valence-electron chi connectivity index (χ3n) is 3.52. The second-order valence-corrected chi connectivity index (χ2v) is 6.76. The smallest absolute Gasteiger partial charge is 0.240 e. The Hall–Kier alpha value is -1.69. The topological polar surface area (TPSA) is 66.4 Å². The lowest BCUT2D eigenvalue weighted by atomic mass is 10.1. The van der Waals surface area contributed by atoms with E-state index in [1.54, 1.807) is 12.1 Å². The number of sulfonamides is 1. The average Bonchev–Trinajstić information content (AvgIpc) is 2.46. The molecule has 2 aromatic rings. The number of benzene rings is 2. The van der Waals surface area contributed by atoms with E-state index < -0.39 is 10.0 Å². The number of rotatable bonds is 5. The van der Waals surface area contributed by atoms with Gasteiger partial charge in [-0.3, -0.25) is 0 Å². The molecule has 0 spiro atoms. The zero-order valence-electron chi connectivity index (χ0n) is 12.1. The van der Waals surface area contributed by atoms with Crippen LogP contribution in [0.4, 0.5) is 0 Å². The molecule has 0 atom stereocenters. The predicted molar refractivity (Wildman–Crippen MR) is 82.3 cm³/mol. The first-order chi connectivity index (χ1) is 9.94. The molecule has 0 bridgehead atoms. The summed E-state index contributed by atoms with van der Waals surface area (Å²) in [5, 5.41) is 9.24. The van der Waals surface area contributed by atoms with Crippen molar-refractivity contribution in [1.82, 2.24) is 4.72 Å². The molecule has 0 saturated carbocycles. The number of aryl methyl sites for hydroxylation is 2. The van der Waals surface area contributed by atoms with E-state index in [1.807, 2.05) is 38.1 Å².